The summed E-state index contributed by atoms with van der Waals surface area (Å²) in [5, 5.41) is 14.8. The Kier molecular flexibility index (Phi) is 7.84. The van der Waals surface area contributed by atoms with Gasteiger partial charge >= 0.3 is 5.97 Å². The van der Waals surface area contributed by atoms with Crippen molar-refractivity contribution in [1.82, 2.24) is 10.1 Å². The van der Waals surface area contributed by atoms with Crippen LogP contribution >= 0.6 is 23.2 Å². The van der Waals surface area contributed by atoms with E-state index in [1.54, 1.807) is 35.2 Å². The molecule has 2 heterocycles. The summed E-state index contributed by atoms with van der Waals surface area (Å²) < 4.78 is 11.7. The summed E-state index contributed by atoms with van der Waals surface area (Å²) in [5.41, 5.74) is 4.19. The number of carbonyl (C=O) groups is 2. The van der Waals surface area contributed by atoms with Gasteiger partial charge in [0.2, 0.25) is 5.91 Å². The van der Waals surface area contributed by atoms with E-state index in [9.17, 15) is 14.7 Å². The Hall–Kier alpha value is -2.87. The van der Waals surface area contributed by atoms with E-state index in [1.807, 2.05) is 6.07 Å². The molecule has 9 heteroatoms. The molecule has 0 bridgehead atoms. The first-order valence-corrected chi connectivity index (χ1v) is 13.3. The largest absolute Gasteiger partial charge is 0.478 e. The molecule has 2 aliphatic rings. The summed E-state index contributed by atoms with van der Waals surface area (Å²) in [6, 6.07) is 10.6. The molecule has 0 unspecified atom stereocenters. The highest BCUT2D eigenvalue weighted by Gasteiger charge is 2.33. The Bertz CT molecular complexity index is 1300. The number of carboxylic acids is 1. The first-order valence-electron chi connectivity index (χ1n) is 12.6. The van der Waals surface area contributed by atoms with Gasteiger partial charge in [-0.15, -0.1) is 0 Å². The minimum Gasteiger partial charge on any atom is -0.478 e. The first-order chi connectivity index (χ1) is 17.9. The maximum atomic E-state index is 12.8. The number of fused-ring (bicyclic) bond motifs is 1. The molecule has 1 fully saturated rings. The third-order valence-electron chi connectivity index (χ3n) is 7.00. The van der Waals surface area contributed by atoms with Crippen molar-refractivity contribution >= 4 is 35.1 Å². The van der Waals surface area contributed by atoms with Gasteiger partial charge in [0.05, 0.1) is 22.2 Å². The minimum absolute atomic E-state index is 0.0385. The van der Waals surface area contributed by atoms with Crippen LogP contribution in [0.25, 0.3) is 11.3 Å². The number of benzene rings is 2. The van der Waals surface area contributed by atoms with E-state index in [-0.39, 0.29) is 11.5 Å². The summed E-state index contributed by atoms with van der Waals surface area (Å²) >= 11 is 12.8. The van der Waals surface area contributed by atoms with E-state index in [1.165, 1.54) is 0 Å². The van der Waals surface area contributed by atoms with Crippen LogP contribution in [0.3, 0.4) is 0 Å². The number of aromatic carboxylic acids is 1. The van der Waals surface area contributed by atoms with Gasteiger partial charge in [-0.05, 0) is 61.4 Å². The van der Waals surface area contributed by atoms with Crippen LogP contribution in [0, 0.1) is 0 Å². The lowest BCUT2D eigenvalue weighted by Crippen LogP contribution is -2.36. The van der Waals surface area contributed by atoms with Crippen molar-refractivity contribution in [2.75, 3.05) is 13.2 Å². The van der Waals surface area contributed by atoms with Crippen LogP contribution in [-0.4, -0.2) is 40.2 Å². The van der Waals surface area contributed by atoms with Crippen molar-refractivity contribution in [3.63, 3.8) is 0 Å². The molecule has 1 N–H and O–H groups in total. The second-order valence-corrected chi connectivity index (χ2v) is 10.4. The molecule has 2 aromatic carbocycles. The van der Waals surface area contributed by atoms with Crippen LogP contribution in [0.5, 0.6) is 0 Å². The molecule has 1 saturated carbocycles. The van der Waals surface area contributed by atoms with E-state index >= 15 is 0 Å². The van der Waals surface area contributed by atoms with Crippen molar-refractivity contribution in [3.05, 3.63) is 74.5 Å². The van der Waals surface area contributed by atoms with Crippen LogP contribution in [-0.2, 0) is 29.1 Å². The number of halogens is 2. The molecule has 7 nitrogen and oxygen atoms in total. The van der Waals surface area contributed by atoms with Gasteiger partial charge in [0.1, 0.15) is 11.5 Å². The SMILES string of the molecule is O=C(O)c1cccc2c1CN(C(=O)CCCCOCc1c(-c3c(Cl)cccc3Cl)noc1C1CC1)CC2. The second kappa shape index (κ2) is 11.3. The third kappa shape index (κ3) is 5.69. The molecule has 5 rings (SSSR count). The highest BCUT2D eigenvalue weighted by molar-refractivity contribution is 6.39. The number of ether oxygens (including phenoxy) is 1. The standard InChI is InChI=1S/C28H28Cl2N2O5/c29-22-7-4-8-23(30)25(22)26-21(27(37-31-26)18-10-11-18)16-36-14-2-1-9-24(33)32-13-12-17-5-3-6-19(28(34)35)20(17)15-32/h3-8,18H,1-2,9-16H2,(H,34,35). The van der Waals surface area contributed by atoms with Crippen molar-refractivity contribution in [2.24, 2.45) is 0 Å². The predicted octanol–water partition coefficient (Wildman–Crippen LogP) is 6.50. The molecule has 1 aliphatic heterocycles. The lowest BCUT2D eigenvalue weighted by molar-refractivity contribution is -0.132. The van der Waals surface area contributed by atoms with E-state index in [4.69, 9.17) is 32.5 Å². The van der Waals surface area contributed by atoms with E-state index in [0.29, 0.717) is 72.8 Å². The molecule has 1 aromatic heterocycles. The lowest BCUT2D eigenvalue weighted by Gasteiger charge is -2.30. The summed E-state index contributed by atoms with van der Waals surface area (Å²) in [6.45, 7) is 1.78. The number of amides is 1. The van der Waals surface area contributed by atoms with Gasteiger partial charge in [0.25, 0.3) is 0 Å². The van der Waals surface area contributed by atoms with Gasteiger partial charge in [0.15, 0.2) is 0 Å². The molecule has 0 atom stereocenters. The van der Waals surface area contributed by atoms with Gasteiger partial charge < -0.3 is 19.3 Å². The van der Waals surface area contributed by atoms with Crippen LogP contribution in [0.15, 0.2) is 40.9 Å². The van der Waals surface area contributed by atoms with Crippen molar-refractivity contribution in [3.8, 4) is 11.3 Å². The first kappa shape index (κ1) is 25.8. The van der Waals surface area contributed by atoms with Crippen LogP contribution in [0.1, 0.15) is 70.8 Å². The summed E-state index contributed by atoms with van der Waals surface area (Å²) in [6.07, 6.45) is 4.61. The molecule has 194 valence electrons. The highest BCUT2D eigenvalue weighted by atomic mass is 35.5. The number of aromatic nitrogens is 1. The van der Waals surface area contributed by atoms with Gasteiger partial charge in [0, 0.05) is 43.2 Å². The third-order valence-corrected chi connectivity index (χ3v) is 7.63. The Balaban J connectivity index is 1.13. The molecule has 1 amide bonds. The maximum Gasteiger partial charge on any atom is 0.336 e. The summed E-state index contributed by atoms with van der Waals surface area (Å²) in [7, 11) is 0. The average molecular weight is 543 g/mol. The van der Waals surface area contributed by atoms with Crippen molar-refractivity contribution < 1.29 is 24.0 Å². The topological polar surface area (TPSA) is 92.9 Å². The van der Waals surface area contributed by atoms with Crippen LogP contribution < -0.4 is 0 Å². The minimum atomic E-state index is -0.957. The highest BCUT2D eigenvalue weighted by Crippen LogP contribution is 2.46. The zero-order valence-corrected chi connectivity index (χ0v) is 21.9. The Morgan fingerprint density at radius 1 is 1.11 bits per heavy atom. The van der Waals surface area contributed by atoms with Crippen LogP contribution in [0.2, 0.25) is 10.0 Å². The Labute approximate surface area is 225 Å². The van der Waals surface area contributed by atoms with E-state index < -0.39 is 5.97 Å². The number of carboxylic acid groups (broad SMARTS) is 1. The van der Waals surface area contributed by atoms with E-state index in [0.717, 1.165) is 41.7 Å². The maximum absolute atomic E-state index is 12.8. The lowest BCUT2D eigenvalue weighted by atomic mass is 9.94. The average Bonchev–Trinajstić information content (AvgIpc) is 3.65. The molecule has 37 heavy (non-hydrogen) atoms. The second-order valence-electron chi connectivity index (χ2n) is 9.57. The predicted molar refractivity (Wildman–Crippen MR) is 140 cm³/mol. The van der Waals surface area contributed by atoms with Gasteiger partial charge in [-0.1, -0.05) is 46.6 Å². The van der Waals surface area contributed by atoms with Gasteiger partial charge in [-0.2, -0.15) is 0 Å². The number of hydrogen-bond donors (Lipinski definition) is 1. The monoisotopic (exact) mass is 542 g/mol. The number of carbonyl (C=O) groups excluding carboxylic acids is 1. The normalized spacial score (nSPS) is 15.0. The number of hydrogen-bond acceptors (Lipinski definition) is 5. The fraction of sp³-hybridized carbons (Fsp3) is 0.393. The van der Waals surface area contributed by atoms with Crippen molar-refractivity contribution in [2.45, 2.75) is 57.6 Å². The number of unbranched alkanes of at least 4 members (excludes halogenated alkanes) is 1. The van der Waals surface area contributed by atoms with E-state index in [2.05, 4.69) is 5.16 Å². The molecule has 0 radical (unpaired) electrons. The van der Waals surface area contributed by atoms with Gasteiger partial charge in [-0.25, -0.2) is 4.79 Å². The molecule has 0 spiro atoms. The Morgan fingerprint density at radius 2 is 1.86 bits per heavy atom. The molecular formula is C28H28Cl2N2O5. The molecule has 0 saturated heterocycles. The van der Waals surface area contributed by atoms with Crippen LogP contribution in [0.4, 0.5) is 0 Å². The summed E-state index contributed by atoms with van der Waals surface area (Å²) in [4.78, 5) is 26.1. The fourth-order valence-electron chi connectivity index (χ4n) is 4.86. The molecule has 3 aromatic rings. The Morgan fingerprint density at radius 3 is 2.59 bits per heavy atom. The zero-order chi connectivity index (χ0) is 25.9. The fourth-order valence-corrected chi connectivity index (χ4v) is 5.43. The quantitative estimate of drug-likeness (QED) is 0.294. The smallest absolute Gasteiger partial charge is 0.336 e. The van der Waals surface area contributed by atoms with Crippen molar-refractivity contribution in [1.29, 1.82) is 0 Å². The number of rotatable bonds is 10. The molecule has 1 aliphatic carbocycles. The zero-order valence-electron chi connectivity index (χ0n) is 20.3. The number of nitrogens with zero attached hydrogens (tertiary/aromatic N) is 2. The van der Waals surface area contributed by atoms with Gasteiger partial charge in [-0.3, -0.25) is 4.79 Å². The molecular weight excluding hydrogens is 515 g/mol. The summed E-state index contributed by atoms with van der Waals surface area (Å²) in [5.74, 6) is 0.278.